The van der Waals surface area contributed by atoms with Gasteiger partial charge in [-0.05, 0) is 20.3 Å². The molecule has 0 saturated heterocycles. The summed E-state index contributed by atoms with van der Waals surface area (Å²) in [7, 11) is 0. The molecule has 0 bridgehead atoms. The Balaban J connectivity index is 4.07. The van der Waals surface area contributed by atoms with Gasteiger partial charge in [0.05, 0.1) is 5.41 Å². The third-order valence-corrected chi connectivity index (χ3v) is 1.49. The largest absolute Gasteiger partial charge is 0.452 e. The first-order valence-corrected chi connectivity index (χ1v) is 3.76. The van der Waals surface area contributed by atoms with Crippen molar-refractivity contribution in [1.82, 2.24) is 0 Å². The van der Waals surface area contributed by atoms with Gasteiger partial charge in [0, 0.05) is 0 Å². The van der Waals surface area contributed by atoms with Crippen LogP contribution >= 0.6 is 0 Å². The Morgan fingerprint density at radius 3 is 2.75 bits per heavy atom. The minimum Gasteiger partial charge on any atom is -0.452 e. The van der Waals surface area contributed by atoms with Gasteiger partial charge in [0.15, 0.2) is 6.61 Å². The molecule has 0 aromatic heterocycles. The van der Waals surface area contributed by atoms with E-state index in [0.717, 1.165) is 0 Å². The quantitative estimate of drug-likeness (QED) is 0.361. The monoisotopic (exact) mass is 166 g/mol. The number of terminal acetylenes is 1. The van der Waals surface area contributed by atoms with Crippen LogP contribution in [0.3, 0.4) is 0 Å². The van der Waals surface area contributed by atoms with Crippen molar-refractivity contribution in [2.45, 2.75) is 20.3 Å². The smallest absolute Gasteiger partial charge is 0.312 e. The first-order chi connectivity index (χ1) is 5.54. The summed E-state index contributed by atoms with van der Waals surface area (Å²) in [6.07, 6.45) is 7.23. The lowest BCUT2D eigenvalue weighted by Gasteiger charge is -2.19. The van der Waals surface area contributed by atoms with Gasteiger partial charge in [-0.25, -0.2) is 0 Å². The van der Waals surface area contributed by atoms with Crippen LogP contribution < -0.4 is 0 Å². The van der Waals surface area contributed by atoms with E-state index in [9.17, 15) is 4.79 Å². The van der Waals surface area contributed by atoms with Gasteiger partial charge in [0.25, 0.3) is 0 Å². The zero-order valence-electron chi connectivity index (χ0n) is 7.59. The van der Waals surface area contributed by atoms with E-state index >= 15 is 0 Å². The lowest BCUT2D eigenvalue weighted by molar-refractivity contribution is -0.152. The molecular weight excluding hydrogens is 152 g/mol. The Morgan fingerprint density at radius 2 is 2.33 bits per heavy atom. The fourth-order valence-corrected chi connectivity index (χ4v) is 0.747. The third-order valence-electron chi connectivity index (χ3n) is 1.49. The Bertz CT molecular complexity index is 208. The highest BCUT2D eigenvalue weighted by Crippen LogP contribution is 2.22. The van der Waals surface area contributed by atoms with Gasteiger partial charge >= 0.3 is 5.97 Å². The molecular formula is C10H14O2. The van der Waals surface area contributed by atoms with Crippen molar-refractivity contribution in [2.24, 2.45) is 5.41 Å². The number of hydrogen-bond donors (Lipinski definition) is 0. The molecule has 66 valence electrons. The fourth-order valence-electron chi connectivity index (χ4n) is 0.747. The molecule has 0 aliphatic rings. The van der Waals surface area contributed by atoms with Crippen LogP contribution in [0.5, 0.6) is 0 Å². The molecule has 0 unspecified atom stereocenters. The van der Waals surface area contributed by atoms with Crippen LogP contribution in [0.25, 0.3) is 0 Å². The van der Waals surface area contributed by atoms with Crippen molar-refractivity contribution in [3.8, 4) is 12.3 Å². The highest BCUT2D eigenvalue weighted by Gasteiger charge is 2.27. The van der Waals surface area contributed by atoms with Crippen molar-refractivity contribution in [2.75, 3.05) is 6.61 Å². The maximum atomic E-state index is 11.2. The lowest BCUT2D eigenvalue weighted by atomic mass is 9.90. The van der Waals surface area contributed by atoms with Crippen LogP contribution in [0.1, 0.15) is 20.3 Å². The normalized spacial score (nSPS) is 10.1. The Labute approximate surface area is 73.6 Å². The van der Waals surface area contributed by atoms with Crippen LogP contribution in [-0.4, -0.2) is 12.6 Å². The van der Waals surface area contributed by atoms with Gasteiger partial charge in [-0.1, -0.05) is 12.0 Å². The van der Waals surface area contributed by atoms with Crippen molar-refractivity contribution in [3.05, 3.63) is 12.7 Å². The summed E-state index contributed by atoms with van der Waals surface area (Å²) < 4.78 is 4.79. The van der Waals surface area contributed by atoms with Gasteiger partial charge in [0.1, 0.15) is 0 Å². The van der Waals surface area contributed by atoms with Gasteiger partial charge in [-0.15, -0.1) is 13.0 Å². The molecule has 0 aromatic carbocycles. The van der Waals surface area contributed by atoms with E-state index in [1.165, 1.54) is 0 Å². The average Bonchev–Trinajstić information content (AvgIpc) is 2.00. The highest BCUT2D eigenvalue weighted by molar-refractivity contribution is 5.76. The Morgan fingerprint density at radius 1 is 1.75 bits per heavy atom. The molecule has 0 aliphatic carbocycles. The molecule has 0 spiro atoms. The fraction of sp³-hybridized carbons (Fsp3) is 0.500. The maximum Gasteiger partial charge on any atom is 0.312 e. The van der Waals surface area contributed by atoms with E-state index in [1.54, 1.807) is 19.9 Å². The second-order valence-electron chi connectivity index (χ2n) is 3.16. The van der Waals surface area contributed by atoms with Gasteiger partial charge in [0.2, 0.25) is 0 Å². The van der Waals surface area contributed by atoms with Crippen LogP contribution in [-0.2, 0) is 9.53 Å². The lowest BCUT2D eigenvalue weighted by Crippen LogP contribution is -2.26. The SMILES string of the molecule is C#CCOC(=O)C(C)(C)CC=C. The molecule has 0 radical (unpaired) electrons. The number of carbonyl (C=O) groups is 1. The summed E-state index contributed by atoms with van der Waals surface area (Å²) in [5.74, 6) is 1.97. The molecule has 0 atom stereocenters. The summed E-state index contributed by atoms with van der Waals surface area (Å²) in [5.41, 5.74) is -0.515. The van der Waals surface area contributed by atoms with Crippen molar-refractivity contribution >= 4 is 5.97 Å². The summed E-state index contributed by atoms with van der Waals surface area (Å²) in [5, 5.41) is 0. The van der Waals surface area contributed by atoms with E-state index in [1.807, 2.05) is 0 Å². The molecule has 0 amide bonds. The summed E-state index contributed by atoms with van der Waals surface area (Å²) in [6, 6.07) is 0. The predicted molar refractivity (Wildman–Crippen MR) is 48.4 cm³/mol. The second kappa shape index (κ2) is 4.61. The molecule has 0 saturated carbocycles. The maximum absolute atomic E-state index is 11.2. The van der Waals surface area contributed by atoms with E-state index < -0.39 is 5.41 Å². The van der Waals surface area contributed by atoms with Crippen LogP contribution in [0, 0.1) is 17.8 Å². The van der Waals surface area contributed by atoms with Crippen molar-refractivity contribution < 1.29 is 9.53 Å². The number of ether oxygens (including phenoxy) is 1. The van der Waals surface area contributed by atoms with Gasteiger partial charge < -0.3 is 4.74 Å². The van der Waals surface area contributed by atoms with Gasteiger partial charge in [-0.3, -0.25) is 4.79 Å². The topological polar surface area (TPSA) is 26.3 Å². The predicted octanol–water partition coefficient (Wildman–Crippen LogP) is 1.77. The average molecular weight is 166 g/mol. The van der Waals surface area contributed by atoms with E-state index in [2.05, 4.69) is 12.5 Å². The van der Waals surface area contributed by atoms with Crippen LogP contribution in [0.15, 0.2) is 12.7 Å². The zero-order valence-corrected chi connectivity index (χ0v) is 7.59. The number of esters is 1. The molecule has 2 nitrogen and oxygen atoms in total. The molecule has 12 heavy (non-hydrogen) atoms. The number of hydrogen-bond acceptors (Lipinski definition) is 2. The number of rotatable bonds is 4. The molecule has 0 rings (SSSR count). The second-order valence-corrected chi connectivity index (χ2v) is 3.16. The molecule has 0 aromatic rings. The van der Waals surface area contributed by atoms with E-state index in [4.69, 9.17) is 11.2 Å². The molecule has 0 aliphatic heterocycles. The first kappa shape index (κ1) is 10.8. The minimum atomic E-state index is -0.515. The van der Waals surface area contributed by atoms with Crippen LogP contribution in [0.4, 0.5) is 0 Å². The molecule has 0 N–H and O–H groups in total. The van der Waals surface area contributed by atoms with Crippen molar-refractivity contribution in [1.29, 1.82) is 0 Å². The molecule has 2 heteroatoms. The van der Waals surface area contributed by atoms with Crippen molar-refractivity contribution in [3.63, 3.8) is 0 Å². The van der Waals surface area contributed by atoms with E-state index in [0.29, 0.717) is 6.42 Å². The Kier molecular flexibility index (Phi) is 4.14. The molecule has 0 heterocycles. The van der Waals surface area contributed by atoms with E-state index in [-0.39, 0.29) is 12.6 Å². The first-order valence-electron chi connectivity index (χ1n) is 3.76. The number of carbonyl (C=O) groups excluding carboxylic acids is 1. The number of allylic oxidation sites excluding steroid dienone is 1. The summed E-state index contributed by atoms with van der Waals surface area (Å²) >= 11 is 0. The minimum absolute atomic E-state index is 0.0411. The summed E-state index contributed by atoms with van der Waals surface area (Å²) in [4.78, 5) is 11.2. The summed E-state index contributed by atoms with van der Waals surface area (Å²) in [6.45, 7) is 7.20. The Hall–Kier alpha value is -1.23. The van der Waals surface area contributed by atoms with Crippen LogP contribution in [0.2, 0.25) is 0 Å². The highest BCUT2D eigenvalue weighted by atomic mass is 16.5. The molecule has 0 fully saturated rings. The van der Waals surface area contributed by atoms with Gasteiger partial charge in [-0.2, -0.15) is 0 Å². The zero-order chi connectivity index (χ0) is 9.61. The third kappa shape index (κ3) is 3.25. The standard InChI is InChI=1S/C10H14O2/c1-5-7-10(3,4)9(11)12-8-6-2/h2,5H,1,7-8H2,3-4H3.